The number of ether oxygens (including phenoxy) is 3. The second kappa shape index (κ2) is 8.78. The molecule has 1 saturated heterocycles. The summed E-state index contributed by atoms with van der Waals surface area (Å²) in [7, 11) is 4.58. The average molecular weight is 364 g/mol. The second-order valence-electron chi connectivity index (χ2n) is 6.47. The highest BCUT2D eigenvalue weighted by molar-refractivity contribution is 5.98. The van der Waals surface area contributed by atoms with Gasteiger partial charge in [-0.15, -0.1) is 0 Å². The van der Waals surface area contributed by atoms with Gasteiger partial charge in [0.1, 0.15) is 5.75 Å². The molecule has 144 valence electrons. The van der Waals surface area contributed by atoms with E-state index in [9.17, 15) is 9.59 Å². The number of nitrogens with one attached hydrogen (secondary N) is 1. The molecule has 0 bridgehead atoms. The van der Waals surface area contributed by atoms with Crippen molar-refractivity contribution >= 4 is 11.8 Å². The second-order valence-corrected chi connectivity index (χ2v) is 6.47. The molecule has 1 heterocycles. The molecule has 0 aliphatic carbocycles. The van der Waals surface area contributed by atoms with E-state index >= 15 is 0 Å². The van der Waals surface area contributed by atoms with E-state index in [0.717, 1.165) is 12.8 Å². The Kier molecular flexibility index (Phi) is 6.71. The van der Waals surface area contributed by atoms with Crippen molar-refractivity contribution < 1.29 is 23.8 Å². The highest BCUT2D eigenvalue weighted by Gasteiger charge is 2.36. The molecule has 2 rings (SSSR count). The predicted octanol–water partition coefficient (Wildman–Crippen LogP) is 2.09. The summed E-state index contributed by atoms with van der Waals surface area (Å²) >= 11 is 0. The lowest BCUT2D eigenvalue weighted by molar-refractivity contribution is -0.119. The van der Waals surface area contributed by atoms with E-state index < -0.39 is 0 Å². The minimum Gasteiger partial charge on any atom is -0.496 e. The van der Waals surface area contributed by atoms with Crippen LogP contribution in [-0.4, -0.2) is 57.2 Å². The largest absolute Gasteiger partial charge is 0.496 e. The van der Waals surface area contributed by atoms with Crippen LogP contribution in [0.3, 0.4) is 0 Å². The Balaban J connectivity index is 2.29. The lowest BCUT2D eigenvalue weighted by Crippen LogP contribution is -2.39. The summed E-state index contributed by atoms with van der Waals surface area (Å²) in [5.41, 5.74) is 0.420. The average Bonchev–Trinajstić information content (AvgIpc) is 3.02. The fraction of sp³-hybridized carbons (Fsp3) is 0.579. The van der Waals surface area contributed by atoms with Crippen molar-refractivity contribution in [2.75, 3.05) is 34.4 Å². The van der Waals surface area contributed by atoms with Crippen LogP contribution in [0.25, 0.3) is 0 Å². The molecule has 1 aromatic rings. The quantitative estimate of drug-likeness (QED) is 0.802. The van der Waals surface area contributed by atoms with Gasteiger partial charge in [0.25, 0.3) is 5.91 Å². The Bertz CT molecular complexity index is 662. The van der Waals surface area contributed by atoms with E-state index in [2.05, 4.69) is 12.2 Å². The van der Waals surface area contributed by atoms with E-state index in [0.29, 0.717) is 35.9 Å². The molecule has 1 N–H and O–H groups in total. The predicted molar refractivity (Wildman–Crippen MR) is 98.0 cm³/mol. The topological polar surface area (TPSA) is 77.1 Å². The molecule has 0 spiro atoms. The number of hydrogen-bond acceptors (Lipinski definition) is 5. The summed E-state index contributed by atoms with van der Waals surface area (Å²) in [5, 5.41) is 2.97. The number of likely N-dealkylation sites (tertiary alicyclic amines) is 1. The third-order valence-electron chi connectivity index (χ3n) is 4.71. The zero-order valence-electron chi connectivity index (χ0n) is 16.1. The third-order valence-corrected chi connectivity index (χ3v) is 4.71. The van der Waals surface area contributed by atoms with E-state index in [-0.39, 0.29) is 23.8 Å². The smallest absolute Gasteiger partial charge is 0.257 e. The van der Waals surface area contributed by atoms with Crippen molar-refractivity contribution in [3.63, 3.8) is 0 Å². The van der Waals surface area contributed by atoms with Crippen LogP contribution < -0.4 is 19.5 Å². The van der Waals surface area contributed by atoms with Gasteiger partial charge >= 0.3 is 0 Å². The summed E-state index contributed by atoms with van der Waals surface area (Å²) in [5.74, 6) is 1.44. The van der Waals surface area contributed by atoms with Gasteiger partial charge in [-0.25, -0.2) is 0 Å². The van der Waals surface area contributed by atoms with Gasteiger partial charge in [0.05, 0.1) is 32.9 Å². The molecule has 0 saturated carbocycles. The van der Waals surface area contributed by atoms with Crippen LogP contribution in [0.1, 0.15) is 37.0 Å². The highest BCUT2D eigenvalue weighted by Crippen LogP contribution is 2.36. The van der Waals surface area contributed by atoms with E-state index in [4.69, 9.17) is 14.2 Å². The molecule has 7 heteroatoms. The fourth-order valence-corrected chi connectivity index (χ4v) is 3.49. The lowest BCUT2D eigenvalue weighted by atomic mass is 9.98. The monoisotopic (exact) mass is 364 g/mol. The van der Waals surface area contributed by atoms with Crippen molar-refractivity contribution in [3.8, 4) is 17.2 Å². The highest BCUT2D eigenvalue weighted by atomic mass is 16.5. The van der Waals surface area contributed by atoms with Crippen molar-refractivity contribution in [2.24, 2.45) is 5.92 Å². The zero-order chi connectivity index (χ0) is 19.3. The minimum atomic E-state index is -0.142. The Labute approximate surface area is 154 Å². The standard InChI is InChI=1S/C19H28N2O5/c1-6-7-13-10-21(11-15(13)20-12(2)22)19(23)14-8-17(25-4)18(26-5)9-16(14)24-3/h8-9,13,15H,6-7,10-11H2,1-5H3,(H,20,22)/t13-,15-/m1/s1. The number of carbonyl (C=O) groups excluding carboxylic acids is 2. The first-order valence-electron chi connectivity index (χ1n) is 8.81. The van der Waals surface area contributed by atoms with Crippen LogP contribution in [0.4, 0.5) is 0 Å². The van der Waals surface area contributed by atoms with Gasteiger partial charge in [-0.05, 0) is 12.3 Å². The number of nitrogens with zero attached hydrogens (tertiary/aromatic N) is 1. The van der Waals surface area contributed by atoms with Crippen molar-refractivity contribution in [2.45, 2.75) is 32.7 Å². The number of benzene rings is 1. The summed E-state index contributed by atoms with van der Waals surface area (Å²) in [6.45, 7) is 4.70. The Morgan fingerprint density at radius 2 is 1.69 bits per heavy atom. The molecular formula is C19H28N2O5. The molecule has 7 nitrogen and oxygen atoms in total. The number of carbonyl (C=O) groups is 2. The molecule has 2 atom stereocenters. The molecule has 0 unspecified atom stereocenters. The fourth-order valence-electron chi connectivity index (χ4n) is 3.49. The van der Waals surface area contributed by atoms with Gasteiger partial charge in [0.15, 0.2) is 11.5 Å². The molecule has 2 amide bonds. The summed E-state index contributed by atoms with van der Waals surface area (Å²) < 4.78 is 16.0. The number of hydrogen-bond donors (Lipinski definition) is 1. The maximum Gasteiger partial charge on any atom is 0.257 e. The number of rotatable bonds is 7. The summed E-state index contributed by atoms with van der Waals surface area (Å²) in [6, 6.07) is 3.26. The Morgan fingerprint density at radius 3 is 2.23 bits per heavy atom. The maximum absolute atomic E-state index is 13.1. The van der Waals surface area contributed by atoms with Gasteiger partial charge in [-0.1, -0.05) is 13.3 Å². The molecule has 1 fully saturated rings. The summed E-state index contributed by atoms with van der Waals surface area (Å²) in [6.07, 6.45) is 1.96. The maximum atomic E-state index is 13.1. The van der Waals surface area contributed by atoms with Gasteiger partial charge < -0.3 is 24.4 Å². The van der Waals surface area contributed by atoms with E-state index in [1.165, 1.54) is 28.3 Å². The van der Waals surface area contributed by atoms with Crippen LogP contribution in [0.5, 0.6) is 17.2 Å². The van der Waals surface area contributed by atoms with Crippen LogP contribution >= 0.6 is 0 Å². The van der Waals surface area contributed by atoms with Crippen LogP contribution in [0, 0.1) is 5.92 Å². The minimum absolute atomic E-state index is 0.0254. The van der Waals surface area contributed by atoms with Crippen molar-refractivity contribution in [1.29, 1.82) is 0 Å². The first-order valence-corrected chi connectivity index (χ1v) is 8.81. The molecule has 1 aromatic carbocycles. The van der Waals surface area contributed by atoms with Gasteiger partial charge in [0, 0.05) is 32.1 Å². The van der Waals surface area contributed by atoms with Crippen LogP contribution in [0.2, 0.25) is 0 Å². The molecule has 0 aromatic heterocycles. The molecule has 26 heavy (non-hydrogen) atoms. The third kappa shape index (κ3) is 4.20. The Morgan fingerprint density at radius 1 is 1.08 bits per heavy atom. The molecular weight excluding hydrogens is 336 g/mol. The molecule has 1 aliphatic rings. The van der Waals surface area contributed by atoms with Crippen LogP contribution in [-0.2, 0) is 4.79 Å². The first-order chi connectivity index (χ1) is 12.4. The Hall–Kier alpha value is -2.44. The zero-order valence-corrected chi connectivity index (χ0v) is 16.1. The van der Waals surface area contributed by atoms with Gasteiger partial charge in [0.2, 0.25) is 5.91 Å². The summed E-state index contributed by atoms with van der Waals surface area (Å²) in [4.78, 5) is 26.4. The normalized spacial score (nSPS) is 19.2. The van der Waals surface area contributed by atoms with Gasteiger partial charge in [-0.3, -0.25) is 9.59 Å². The number of methoxy groups -OCH3 is 3. The molecule has 1 aliphatic heterocycles. The van der Waals surface area contributed by atoms with E-state index in [1.54, 1.807) is 17.0 Å². The molecule has 0 radical (unpaired) electrons. The lowest BCUT2D eigenvalue weighted by Gasteiger charge is -2.19. The van der Waals surface area contributed by atoms with Crippen LogP contribution in [0.15, 0.2) is 12.1 Å². The van der Waals surface area contributed by atoms with E-state index in [1.807, 2.05) is 0 Å². The number of amides is 2. The SMILES string of the molecule is CCC[C@@H]1CN(C(=O)c2cc(OC)c(OC)cc2OC)C[C@H]1NC(C)=O. The van der Waals surface area contributed by atoms with Crippen molar-refractivity contribution in [1.82, 2.24) is 10.2 Å². The van der Waals surface area contributed by atoms with Gasteiger partial charge in [-0.2, -0.15) is 0 Å². The van der Waals surface area contributed by atoms with Crippen molar-refractivity contribution in [3.05, 3.63) is 17.7 Å². The first kappa shape index (κ1) is 19.9.